The van der Waals surface area contributed by atoms with Gasteiger partial charge in [0.05, 0.1) is 0 Å². The van der Waals surface area contributed by atoms with E-state index >= 15 is 0 Å². The lowest BCUT2D eigenvalue weighted by Gasteiger charge is -2.24. The lowest BCUT2D eigenvalue weighted by atomic mass is 10.1. The second-order valence-electron chi connectivity index (χ2n) is 5.67. The monoisotopic (exact) mass is 311 g/mol. The molecule has 23 heavy (non-hydrogen) atoms. The van der Waals surface area contributed by atoms with E-state index < -0.39 is 0 Å². The summed E-state index contributed by atoms with van der Waals surface area (Å²) in [4.78, 5) is 18.7. The van der Waals surface area contributed by atoms with Crippen LogP contribution in [0.5, 0.6) is 11.5 Å². The van der Waals surface area contributed by atoms with E-state index in [1.165, 1.54) is 0 Å². The maximum Gasteiger partial charge on any atom is 0.254 e. The van der Waals surface area contributed by atoms with Gasteiger partial charge in [-0.05, 0) is 50.2 Å². The predicted molar refractivity (Wildman–Crippen MR) is 88.7 cm³/mol. The molecule has 5 heteroatoms. The third-order valence-electron chi connectivity index (χ3n) is 4.04. The van der Waals surface area contributed by atoms with Crippen molar-refractivity contribution < 1.29 is 9.53 Å². The van der Waals surface area contributed by atoms with Gasteiger partial charge in [0.2, 0.25) is 0 Å². The molecule has 1 fully saturated rings. The quantitative estimate of drug-likeness (QED) is 0.922. The van der Waals surface area contributed by atoms with Gasteiger partial charge in [0.25, 0.3) is 5.91 Å². The van der Waals surface area contributed by atoms with Crippen molar-refractivity contribution in [3.8, 4) is 11.5 Å². The molecule has 1 aromatic heterocycles. The molecule has 1 atom stereocenters. The first-order chi connectivity index (χ1) is 11.3. The summed E-state index contributed by atoms with van der Waals surface area (Å²) in [5.41, 5.74) is 0.666. The maximum absolute atomic E-state index is 12.8. The highest BCUT2D eigenvalue weighted by molar-refractivity contribution is 5.95. The Balaban J connectivity index is 1.75. The normalized spacial score (nSPS) is 17.3. The molecular formula is C18H21N3O2. The Morgan fingerprint density at radius 2 is 2.13 bits per heavy atom. The third kappa shape index (κ3) is 3.68. The first kappa shape index (κ1) is 15.5. The summed E-state index contributed by atoms with van der Waals surface area (Å²) >= 11 is 0. The lowest BCUT2D eigenvalue weighted by molar-refractivity contribution is 0.0736. The number of amides is 1. The molecular weight excluding hydrogens is 290 g/mol. The smallest absolute Gasteiger partial charge is 0.254 e. The standard InChI is InChI=1S/C18H21N3O2/c1-19-13-15-5-3-11-21(15)18(22)14-4-2-6-17(12-14)23-16-7-9-20-10-8-16/h2,4,6-10,12,15,19H,3,5,11,13H2,1H3. The molecule has 1 saturated heterocycles. The summed E-state index contributed by atoms with van der Waals surface area (Å²) in [6.45, 7) is 1.65. The Morgan fingerprint density at radius 3 is 2.91 bits per heavy atom. The van der Waals surface area contributed by atoms with Gasteiger partial charge in [0, 0.05) is 37.1 Å². The van der Waals surface area contributed by atoms with Crippen LogP contribution in [0.4, 0.5) is 0 Å². The highest BCUT2D eigenvalue weighted by Crippen LogP contribution is 2.24. The van der Waals surface area contributed by atoms with Crippen LogP contribution in [0, 0.1) is 0 Å². The molecule has 0 aliphatic carbocycles. The fraction of sp³-hybridized carbons (Fsp3) is 0.333. The molecule has 3 rings (SSSR count). The first-order valence-corrected chi connectivity index (χ1v) is 7.91. The summed E-state index contributed by atoms with van der Waals surface area (Å²) < 4.78 is 5.78. The summed E-state index contributed by atoms with van der Waals surface area (Å²) in [5.74, 6) is 1.44. The van der Waals surface area contributed by atoms with E-state index in [1.54, 1.807) is 30.6 Å². The first-order valence-electron chi connectivity index (χ1n) is 7.91. The highest BCUT2D eigenvalue weighted by atomic mass is 16.5. The molecule has 1 aliphatic heterocycles. The van der Waals surface area contributed by atoms with Crippen LogP contribution in [-0.4, -0.2) is 42.0 Å². The zero-order chi connectivity index (χ0) is 16.1. The summed E-state index contributed by atoms with van der Waals surface area (Å²) in [5, 5.41) is 3.17. The number of hydrogen-bond donors (Lipinski definition) is 1. The molecule has 1 aliphatic rings. The van der Waals surface area contributed by atoms with Crippen LogP contribution in [0.2, 0.25) is 0 Å². The minimum Gasteiger partial charge on any atom is -0.457 e. The van der Waals surface area contributed by atoms with E-state index in [4.69, 9.17) is 4.74 Å². The van der Waals surface area contributed by atoms with Crippen molar-refractivity contribution in [2.45, 2.75) is 18.9 Å². The largest absolute Gasteiger partial charge is 0.457 e. The lowest BCUT2D eigenvalue weighted by Crippen LogP contribution is -2.40. The number of hydrogen-bond acceptors (Lipinski definition) is 4. The van der Waals surface area contributed by atoms with E-state index in [2.05, 4.69) is 10.3 Å². The second kappa shape index (κ2) is 7.24. The Labute approximate surface area is 136 Å². The number of aromatic nitrogens is 1. The van der Waals surface area contributed by atoms with E-state index in [0.717, 1.165) is 25.9 Å². The molecule has 5 nitrogen and oxygen atoms in total. The number of nitrogens with one attached hydrogen (secondary N) is 1. The number of rotatable bonds is 5. The van der Waals surface area contributed by atoms with Gasteiger partial charge in [-0.25, -0.2) is 0 Å². The van der Waals surface area contributed by atoms with Crippen molar-refractivity contribution in [3.63, 3.8) is 0 Å². The van der Waals surface area contributed by atoms with Crippen LogP contribution in [0.15, 0.2) is 48.8 Å². The van der Waals surface area contributed by atoms with Crippen molar-refractivity contribution in [2.24, 2.45) is 0 Å². The van der Waals surface area contributed by atoms with Crippen LogP contribution < -0.4 is 10.1 Å². The number of likely N-dealkylation sites (tertiary alicyclic amines) is 1. The Kier molecular flexibility index (Phi) is 4.88. The van der Waals surface area contributed by atoms with Crippen molar-refractivity contribution >= 4 is 5.91 Å². The number of ether oxygens (including phenoxy) is 1. The summed E-state index contributed by atoms with van der Waals surface area (Å²) in [7, 11) is 1.92. The van der Waals surface area contributed by atoms with Gasteiger partial charge in [-0.1, -0.05) is 6.07 Å². The van der Waals surface area contributed by atoms with Gasteiger partial charge < -0.3 is 15.0 Å². The van der Waals surface area contributed by atoms with E-state index in [1.807, 2.05) is 30.1 Å². The van der Waals surface area contributed by atoms with Gasteiger partial charge in [-0.2, -0.15) is 0 Å². The van der Waals surface area contributed by atoms with Gasteiger partial charge >= 0.3 is 0 Å². The zero-order valence-electron chi connectivity index (χ0n) is 13.2. The molecule has 1 unspecified atom stereocenters. The van der Waals surface area contributed by atoms with Gasteiger partial charge in [-0.15, -0.1) is 0 Å². The van der Waals surface area contributed by atoms with Crippen molar-refractivity contribution in [2.75, 3.05) is 20.1 Å². The summed E-state index contributed by atoms with van der Waals surface area (Å²) in [6.07, 6.45) is 5.47. The van der Waals surface area contributed by atoms with E-state index in [9.17, 15) is 4.79 Å². The molecule has 0 radical (unpaired) electrons. The van der Waals surface area contributed by atoms with Gasteiger partial charge in [0.1, 0.15) is 11.5 Å². The SMILES string of the molecule is CNCC1CCCN1C(=O)c1cccc(Oc2ccncc2)c1. The van der Waals surface area contributed by atoms with Crippen molar-refractivity contribution in [1.29, 1.82) is 0 Å². The molecule has 2 heterocycles. The second-order valence-corrected chi connectivity index (χ2v) is 5.67. The molecule has 0 spiro atoms. The average molecular weight is 311 g/mol. The molecule has 0 bridgehead atoms. The van der Waals surface area contributed by atoms with Gasteiger partial charge in [0.15, 0.2) is 0 Å². The number of likely N-dealkylation sites (N-methyl/N-ethyl adjacent to an activating group) is 1. The highest BCUT2D eigenvalue weighted by Gasteiger charge is 2.28. The zero-order valence-corrected chi connectivity index (χ0v) is 13.2. The number of pyridine rings is 1. The number of benzene rings is 1. The van der Waals surface area contributed by atoms with Crippen molar-refractivity contribution in [3.05, 3.63) is 54.4 Å². The van der Waals surface area contributed by atoms with E-state index in [0.29, 0.717) is 17.1 Å². The molecule has 0 saturated carbocycles. The van der Waals surface area contributed by atoms with Crippen LogP contribution in [0.3, 0.4) is 0 Å². The Hall–Kier alpha value is -2.40. The minimum absolute atomic E-state index is 0.0722. The molecule has 1 amide bonds. The number of carbonyl (C=O) groups is 1. The van der Waals surface area contributed by atoms with Crippen LogP contribution >= 0.6 is 0 Å². The van der Waals surface area contributed by atoms with Crippen LogP contribution in [-0.2, 0) is 0 Å². The fourth-order valence-corrected chi connectivity index (χ4v) is 2.95. The molecule has 1 N–H and O–H groups in total. The number of carbonyl (C=O) groups excluding carboxylic acids is 1. The van der Waals surface area contributed by atoms with Crippen LogP contribution in [0.25, 0.3) is 0 Å². The predicted octanol–water partition coefficient (Wildman–Crippen LogP) is 2.70. The summed E-state index contributed by atoms with van der Waals surface area (Å²) in [6, 6.07) is 11.2. The van der Waals surface area contributed by atoms with E-state index in [-0.39, 0.29) is 11.9 Å². The Morgan fingerprint density at radius 1 is 1.30 bits per heavy atom. The van der Waals surface area contributed by atoms with Gasteiger partial charge in [-0.3, -0.25) is 9.78 Å². The molecule has 1 aromatic carbocycles. The minimum atomic E-state index is 0.0722. The topological polar surface area (TPSA) is 54.5 Å². The van der Waals surface area contributed by atoms with Crippen molar-refractivity contribution in [1.82, 2.24) is 15.2 Å². The Bertz CT molecular complexity index is 660. The average Bonchev–Trinajstić information content (AvgIpc) is 3.04. The number of nitrogens with zero attached hydrogens (tertiary/aromatic N) is 2. The fourth-order valence-electron chi connectivity index (χ4n) is 2.95. The molecule has 120 valence electrons. The maximum atomic E-state index is 12.8. The molecule has 2 aromatic rings. The third-order valence-corrected chi connectivity index (χ3v) is 4.04. The van der Waals surface area contributed by atoms with Crippen LogP contribution in [0.1, 0.15) is 23.2 Å².